The van der Waals surface area contributed by atoms with Gasteiger partial charge in [-0.1, -0.05) is 41.5 Å². The largest absolute Gasteiger partial charge is 0.361 e. The standard InChI is InChI=1S/C21H38N2/c1-18(2,3)15-13-22-14-16(19(4,5)6)17(15)23(20(7,8)9)21(10,11)12/h13-14H,1-12H3. The molecular weight excluding hydrogens is 280 g/mol. The lowest BCUT2D eigenvalue weighted by Gasteiger charge is -2.50. The van der Waals surface area contributed by atoms with Gasteiger partial charge in [-0.2, -0.15) is 0 Å². The number of anilines is 1. The zero-order chi connectivity index (χ0) is 18.4. The van der Waals surface area contributed by atoms with Gasteiger partial charge in [0.05, 0.1) is 0 Å². The summed E-state index contributed by atoms with van der Waals surface area (Å²) in [6.45, 7) is 27.5. The predicted molar refractivity (Wildman–Crippen MR) is 104 cm³/mol. The topological polar surface area (TPSA) is 16.1 Å². The third-order valence-electron chi connectivity index (χ3n) is 4.10. The third kappa shape index (κ3) is 4.49. The van der Waals surface area contributed by atoms with E-state index in [1.54, 1.807) is 0 Å². The lowest BCUT2D eigenvalue weighted by atomic mass is 9.78. The minimum atomic E-state index is 0.0274. The summed E-state index contributed by atoms with van der Waals surface area (Å²) < 4.78 is 0. The van der Waals surface area contributed by atoms with E-state index in [2.05, 4.69) is 105 Å². The Morgan fingerprint density at radius 1 is 0.609 bits per heavy atom. The molecule has 1 heterocycles. The van der Waals surface area contributed by atoms with Gasteiger partial charge in [-0.05, 0) is 63.5 Å². The summed E-state index contributed by atoms with van der Waals surface area (Å²) in [5.74, 6) is 0. The highest BCUT2D eigenvalue weighted by Crippen LogP contribution is 2.44. The fraction of sp³-hybridized carbons (Fsp3) is 0.762. The maximum Gasteiger partial charge on any atom is 0.0481 e. The molecule has 0 fully saturated rings. The van der Waals surface area contributed by atoms with Crippen LogP contribution in [0.15, 0.2) is 12.4 Å². The highest BCUT2D eigenvalue weighted by Gasteiger charge is 2.38. The van der Waals surface area contributed by atoms with Gasteiger partial charge in [0.2, 0.25) is 0 Å². The van der Waals surface area contributed by atoms with Crippen molar-refractivity contribution < 1.29 is 0 Å². The normalized spacial score (nSPS) is 14.1. The first-order chi connectivity index (χ1) is 9.97. The summed E-state index contributed by atoms with van der Waals surface area (Å²) in [5, 5.41) is 0. The van der Waals surface area contributed by atoms with E-state index in [0.717, 1.165) is 0 Å². The molecule has 0 atom stereocenters. The van der Waals surface area contributed by atoms with Crippen LogP contribution in [0.1, 0.15) is 94.2 Å². The van der Waals surface area contributed by atoms with E-state index in [-0.39, 0.29) is 21.9 Å². The minimum Gasteiger partial charge on any atom is -0.361 e. The van der Waals surface area contributed by atoms with Gasteiger partial charge >= 0.3 is 0 Å². The first-order valence-corrected chi connectivity index (χ1v) is 8.76. The molecule has 2 heteroatoms. The summed E-state index contributed by atoms with van der Waals surface area (Å²) in [6, 6.07) is 0. The molecule has 0 aliphatic rings. The van der Waals surface area contributed by atoms with Gasteiger partial charge in [0.25, 0.3) is 0 Å². The molecular formula is C21H38N2. The quantitative estimate of drug-likeness (QED) is 0.623. The van der Waals surface area contributed by atoms with Crippen molar-refractivity contribution in [1.82, 2.24) is 4.98 Å². The molecule has 0 unspecified atom stereocenters. The van der Waals surface area contributed by atoms with E-state index < -0.39 is 0 Å². The Kier molecular flexibility index (Phi) is 5.03. The Morgan fingerprint density at radius 3 is 1.13 bits per heavy atom. The first kappa shape index (κ1) is 20.0. The van der Waals surface area contributed by atoms with Crippen molar-refractivity contribution >= 4 is 5.69 Å². The molecule has 0 spiro atoms. The molecule has 0 aliphatic carbocycles. The van der Waals surface area contributed by atoms with Gasteiger partial charge in [0, 0.05) is 29.2 Å². The number of rotatable bonds is 1. The number of pyridine rings is 1. The number of aromatic nitrogens is 1. The summed E-state index contributed by atoms with van der Waals surface area (Å²) in [7, 11) is 0. The molecule has 1 aromatic heterocycles. The second-order valence-corrected chi connectivity index (χ2v) is 10.8. The molecule has 0 aliphatic heterocycles. The van der Waals surface area contributed by atoms with Crippen molar-refractivity contribution in [1.29, 1.82) is 0 Å². The van der Waals surface area contributed by atoms with Gasteiger partial charge in [0.1, 0.15) is 0 Å². The highest BCUT2D eigenvalue weighted by molar-refractivity contribution is 5.65. The van der Waals surface area contributed by atoms with Crippen LogP contribution in [0.4, 0.5) is 5.69 Å². The van der Waals surface area contributed by atoms with Gasteiger partial charge < -0.3 is 4.90 Å². The van der Waals surface area contributed by atoms with Crippen molar-refractivity contribution in [2.75, 3.05) is 4.90 Å². The van der Waals surface area contributed by atoms with Crippen molar-refractivity contribution in [2.24, 2.45) is 0 Å². The van der Waals surface area contributed by atoms with Crippen LogP contribution in [-0.4, -0.2) is 16.1 Å². The van der Waals surface area contributed by atoms with E-state index in [1.807, 2.05) is 0 Å². The smallest absolute Gasteiger partial charge is 0.0481 e. The molecule has 0 saturated carbocycles. The maximum absolute atomic E-state index is 4.60. The molecule has 1 rings (SSSR count). The Hall–Kier alpha value is -1.05. The van der Waals surface area contributed by atoms with E-state index in [1.165, 1.54) is 16.8 Å². The van der Waals surface area contributed by atoms with E-state index in [0.29, 0.717) is 0 Å². The summed E-state index contributed by atoms with van der Waals surface area (Å²) in [5.41, 5.74) is 4.18. The maximum atomic E-state index is 4.60. The van der Waals surface area contributed by atoms with Crippen LogP contribution in [0.5, 0.6) is 0 Å². The van der Waals surface area contributed by atoms with Crippen LogP contribution < -0.4 is 4.90 Å². The van der Waals surface area contributed by atoms with Crippen LogP contribution in [0.2, 0.25) is 0 Å². The van der Waals surface area contributed by atoms with Crippen molar-refractivity contribution in [3.63, 3.8) is 0 Å². The molecule has 2 nitrogen and oxygen atoms in total. The molecule has 0 amide bonds. The second kappa shape index (κ2) is 5.79. The molecule has 1 aromatic rings. The Morgan fingerprint density at radius 2 is 0.913 bits per heavy atom. The number of nitrogens with zero attached hydrogens (tertiary/aromatic N) is 2. The first-order valence-electron chi connectivity index (χ1n) is 8.76. The van der Waals surface area contributed by atoms with Gasteiger partial charge in [-0.3, -0.25) is 4.98 Å². The van der Waals surface area contributed by atoms with E-state index in [9.17, 15) is 0 Å². The van der Waals surface area contributed by atoms with Crippen LogP contribution in [0.3, 0.4) is 0 Å². The summed E-state index contributed by atoms with van der Waals surface area (Å²) in [6.07, 6.45) is 4.13. The molecule has 0 bridgehead atoms. The number of hydrogen-bond donors (Lipinski definition) is 0. The predicted octanol–water partition coefficient (Wildman–Crippen LogP) is 6.08. The van der Waals surface area contributed by atoms with Crippen molar-refractivity contribution in [3.8, 4) is 0 Å². The monoisotopic (exact) mass is 318 g/mol. The van der Waals surface area contributed by atoms with Gasteiger partial charge in [-0.25, -0.2) is 0 Å². The van der Waals surface area contributed by atoms with Gasteiger partial charge in [0.15, 0.2) is 0 Å². The lowest BCUT2D eigenvalue weighted by Crippen LogP contribution is -2.54. The fourth-order valence-electron chi connectivity index (χ4n) is 3.47. The average Bonchev–Trinajstić information content (AvgIpc) is 2.21. The SMILES string of the molecule is CC(C)(C)c1cncc(C(C)(C)C)c1N(C(C)(C)C)C(C)(C)C. The minimum absolute atomic E-state index is 0.0274. The molecule has 0 saturated heterocycles. The van der Waals surface area contributed by atoms with E-state index in [4.69, 9.17) is 0 Å². The van der Waals surface area contributed by atoms with Crippen LogP contribution in [-0.2, 0) is 10.8 Å². The Balaban J connectivity index is 3.91. The van der Waals surface area contributed by atoms with Crippen LogP contribution in [0, 0.1) is 0 Å². The molecule has 0 radical (unpaired) electrons. The highest BCUT2D eigenvalue weighted by atomic mass is 15.2. The fourth-order valence-corrected chi connectivity index (χ4v) is 3.47. The average molecular weight is 319 g/mol. The van der Waals surface area contributed by atoms with Crippen LogP contribution >= 0.6 is 0 Å². The molecule has 0 N–H and O–H groups in total. The van der Waals surface area contributed by atoms with Crippen molar-refractivity contribution in [3.05, 3.63) is 23.5 Å². The molecule has 0 aromatic carbocycles. The number of hydrogen-bond acceptors (Lipinski definition) is 2. The zero-order valence-corrected chi connectivity index (χ0v) is 17.5. The van der Waals surface area contributed by atoms with Crippen molar-refractivity contribution in [2.45, 2.75) is 105 Å². The molecule has 132 valence electrons. The Labute approximate surface area is 144 Å². The Bertz CT molecular complexity index is 497. The lowest BCUT2D eigenvalue weighted by molar-refractivity contribution is 0.373. The third-order valence-corrected chi connectivity index (χ3v) is 4.10. The van der Waals surface area contributed by atoms with Crippen LogP contribution in [0.25, 0.3) is 0 Å². The van der Waals surface area contributed by atoms with Gasteiger partial charge in [-0.15, -0.1) is 0 Å². The zero-order valence-electron chi connectivity index (χ0n) is 17.5. The summed E-state index contributed by atoms with van der Waals surface area (Å²) in [4.78, 5) is 7.18. The summed E-state index contributed by atoms with van der Waals surface area (Å²) >= 11 is 0. The second-order valence-electron chi connectivity index (χ2n) is 10.8. The van der Waals surface area contributed by atoms with E-state index >= 15 is 0 Å². The molecule has 23 heavy (non-hydrogen) atoms.